The average Bonchev–Trinajstić information content (AvgIpc) is 2.76. The first kappa shape index (κ1) is 13.5. The topological polar surface area (TPSA) is 30.7 Å². The number of hydrogen-bond acceptors (Lipinski definition) is 2. The Morgan fingerprint density at radius 2 is 1.95 bits per heavy atom. The Kier molecular flexibility index (Phi) is 3.43. The lowest BCUT2D eigenvalue weighted by atomic mass is 10.3. The number of imidazole rings is 1. The van der Waals surface area contributed by atoms with E-state index in [1.807, 2.05) is 0 Å². The van der Waals surface area contributed by atoms with E-state index in [1.54, 1.807) is 6.07 Å². The number of halogens is 4. The minimum atomic E-state index is -0.694. The second-order valence-electron chi connectivity index (χ2n) is 4.06. The monoisotopic (exact) mass is 357 g/mol. The molecular weight excluding hydrogens is 352 g/mol. The van der Waals surface area contributed by atoms with Crippen LogP contribution in [0.15, 0.2) is 34.9 Å². The molecule has 0 unspecified atom stereocenters. The van der Waals surface area contributed by atoms with E-state index in [1.165, 1.54) is 29.0 Å². The van der Waals surface area contributed by atoms with Crippen LogP contribution in [0.1, 0.15) is 5.82 Å². The molecule has 20 heavy (non-hydrogen) atoms. The fourth-order valence-corrected chi connectivity index (χ4v) is 2.51. The van der Waals surface area contributed by atoms with Crippen molar-refractivity contribution in [3.8, 4) is 5.69 Å². The van der Waals surface area contributed by atoms with Gasteiger partial charge in [-0.3, -0.25) is 4.57 Å². The van der Waals surface area contributed by atoms with Gasteiger partial charge in [0, 0.05) is 10.7 Å². The van der Waals surface area contributed by atoms with Crippen molar-refractivity contribution in [3.05, 3.63) is 52.4 Å². The summed E-state index contributed by atoms with van der Waals surface area (Å²) in [7, 11) is 0. The molecule has 2 aromatic heterocycles. The van der Waals surface area contributed by atoms with E-state index >= 15 is 0 Å². The van der Waals surface area contributed by atoms with E-state index in [4.69, 9.17) is 11.6 Å². The summed E-state index contributed by atoms with van der Waals surface area (Å²) in [5, 5.41) is 0. The number of fused-ring (bicyclic) bond motifs is 1. The molecule has 2 heterocycles. The van der Waals surface area contributed by atoms with E-state index in [9.17, 15) is 8.78 Å². The standard InChI is InChI=1S/C13H7BrClF2N3/c14-7-4-10-13(18-6-7)20(11(5-15)19-10)12-8(16)2-1-3-9(12)17/h1-4,6H,5H2. The van der Waals surface area contributed by atoms with Crippen LogP contribution in [0, 0.1) is 11.6 Å². The summed E-state index contributed by atoms with van der Waals surface area (Å²) >= 11 is 9.11. The molecule has 3 aromatic rings. The fraction of sp³-hybridized carbons (Fsp3) is 0.0769. The Hall–Kier alpha value is -1.53. The quantitative estimate of drug-likeness (QED) is 0.643. The predicted molar refractivity (Wildman–Crippen MR) is 76.0 cm³/mol. The number of hydrogen-bond donors (Lipinski definition) is 0. The maximum atomic E-state index is 14.0. The van der Waals surface area contributed by atoms with Gasteiger partial charge in [-0.2, -0.15) is 0 Å². The third-order valence-corrected chi connectivity index (χ3v) is 3.49. The summed E-state index contributed by atoms with van der Waals surface area (Å²) in [6.45, 7) is 0. The van der Waals surface area contributed by atoms with Gasteiger partial charge in [0.15, 0.2) is 5.65 Å². The van der Waals surface area contributed by atoms with Crippen LogP contribution in [-0.4, -0.2) is 14.5 Å². The number of pyridine rings is 1. The molecule has 0 N–H and O–H groups in total. The Morgan fingerprint density at radius 3 is 2.60 bits per heavy atom. The van der Waals surface area contributed by atoms with Crippen molar-refractivity contribution in [1.82, 2.24) is 14.5 Å². The average molecular weight is 359 g/mol. The van der Waals surface area contributed by atoms with Gasteiger partial charge in [-0.15, -0.1) is 11.6 Å². The Balaban J connectivity index is 2.40. The second kappa shape index (κ2) is 5.10. The van der Waals surface area contributed by atoms with E-state index < -0.39 is 11.6 Å². The molecule has 0 aliphatic heterocycles. The first-order valence-electron chi connectivity index (χ1n) is 5.65. The Labute approximate surface area is 126 Å². The third-order valence-electron chi connectivity index (χ3n) is 2.81. The molecule has 3 rings (SSSR count). The predicted octanol–water partition coefficient (Wildman–Crippen LogP) is 4.20. The van der Waals surface area contributed by atoms with Crippen molar-refractivity contribution in [2.45, 2.75) is 5.88 Å². The lowest BCUT2D eigenvalue weighted by Crippen LogP contribution is -2.05. The number of nitrogens with zero attached hydrogens (tertiary/aromatic N) is 3. The van der Waals surface area contributed by atoms with Gasteiger partial charge < -0.3 is 0 Å². The number of aromatic nitrogens is 3. The lowest BCUT2D eigenvalue weighted by molar-refractivity contribution is 0.568. The number of alkyl halides is 1. The molecule has 102 valence electrons. The number of para-hydroxylation sites is 1. The SMILES string of the molecule is Fc1cccc(F)c1-n1c(CCl)nc2cc(Br)cnc21. The van der Waals surface area contributed by atoms with Crippen LogP contribution in [0.25, 0.3) is 16.9 Å². The number of rotatable bonds is 2. The van der Waals surface area contributed by atoms with E-state index in [0.717, 1.165) is 4.47 Å². The van der Waals surface area contributed by atoms with Gasteiger partial charge in [-0.05, 0) is 34.1 Å². The molecule has 0 bridgehead atoms. The summed E-state index contributed by atoms with van der Waals surface area (Å²) in [6, 6.07) is 5.38. The van der Waals surface area contributed by atoms with Crippen LogP contribution >= 0.6 is 27.5 Å². The molecule has 0 aliphatic carbocycles. The van der Waals surface area contributed by atoms with Gasteiger partial charge in [-0.25, -0.2) is 18.7 Å². The maximum absolute atomic E-state index is 14.0. The zero-order valence-corrected chi connectivity index (χ0v) is 12.3. The minimum absolute atomic E-state index is 0.0156. The molecule has 1 aromatic carbocycles. The second-order valence-corrected chi connectivity index (χ2v) is 5.25. The van der Waals surface area contributed by atoms with Crippen LogP contribution in [0.4, 0.5) is 8.78 Å². The first-order valence-corrected chi connectivity index (χ1v) is 6.98. The molecular formula is C13H7BrClF2N3. The van der Waals surface area contributed by atoms with E-state index in [0.29, 0.717) is 17.0 Å². The lowest BCUT2D eigenvalue weighted by Gasteiger charge is -2.09. The van der Waals surface area contributed by atoms with E-state index in [2.05, 4.69) is 25.9 Å². The minimum Gasteiger partial charge on any atom is -0.274 e. The van der Waals surface area contributed by atoms with Crippen molar-refractivity contribution in [3.63, 3.8) is 0 Å². The molecule has 0 fully saturated rings. The normalized spacial score (nSPS) is 11.2. The highest BCUT2D eigenvalue weighted by atomic mass is 79.9. The zero-order chi connectivity index (χ0) is 14.3. The summed E-state index contributed by atoms with van der Waals surface area (Å²) in [5.74, 6) is -1.04. The van der Waals surface area contributed by atoms with Gasteiger partial charge in [-0.1, -0.05) is 6.07 Å². The van der Waals surface area contributed by atoms with Crippen molar-refractivity contribution >= 4 is 38.7 Å². The summed E-state index contributed by atoms with van der Waals surface area (Å²) in [5.41, 5.74) is 0.644. The molecule has 0 saturated heterocycles. The molecule has 0 amide bonds. The zero-order valence-electron chi connectivity index (χ0n) is 9.95. The first-order chi connectivity index (χ1) is 9.61. The van der Waals surface area contributed by atoms with Crippen molar-refractivity contribution in [2.24, 2.45) is 0 Å². The van der Waals surface area contributed by atoms with Crippen LogP contribution in [0.3, 0.4) is 0 Å². The fourth-order valence-electron chi connectivity index (χ4n) is 2.01. The largest absolute Gasteiger partial charge is 0.274 e. The van der Waals surface area contributed by atoms with Crippen molar-refractivity contribution in [1.29, 1.82) is 0 Å². The molecule has 3 nitrogen and oxygen atoms in total. The maximum Gasteiger partial charge on any atom is 0.164 e. The Morgan fingerprint density at radius 1 is 1.25 bits per heavy atom. The van der Waals surface area contributed by atoms with Gasteiger partial charge >= 0.3 is 0 Å². The highest BCUT2D eigenvalue weighted by Gasteiger charge is 2.19. The number of benzene rings is 1. The van der Waals surface area contributed by atoms with Crippen molar-refractivity contribution < 1.29 is 8.78 Å². The third kappa shape index (κ3) is 2.09. The highest BCUT2D eigenvalue weighted by Crippen LogP contribution is 2.26. The van der Waals surface area contributed by atoms with Crippen LogP contribution in [-0.2, 0) is 5.88 Å². The van der Waals surface area contributed by atoms with Gasteiger partial charge in [0.25, 0.3) is 0 Å². The highest BCUT2D eigenvalue weighted by molar-refractivity contribution is 9.10. The molecule has 0 radical (unpaired) electrons. The van der Waals surface area contributed by atoms with Gasteiger partial charge in [0.05, 0.1) is 5.88 Å². The molecule has 0 atom stereocenters. The van der Waals surface area contributed by atoms with Gasteiger partial charge in [0.2, 0.25) is 0 Å². The van der Waals surface area contributed by atoms with Crippen LogP contribution < -0.4 is 0 Å². The smallest absolute Gasteiger partial charge is 0.164 e. The van der Waals surface area contributed by atoms with Gasteiger partial charge in [0.1, 0.15) is 28.7 Å². The Bertz CT molecular complexity index is 783. The molecule has 0 saturated carbocycles. The van der Waals surface area contributed by atoms with Crippen molar-refractivity contribution in [2.75, 3.05) is 0 Å². The van der Waals surface area contributed by atoms with E-state index in [-0.39, 0.29) is 11.6 Å². The van der Waals surface area contributed by atoms with Crippen LogP contribution in [0.2, 0.25) is 0 Å². The summed E-state index contributed by atoms with van der Waals surface area (Å²) in [4.78, 5) is 8.43. The summed E-state index contributed by atoms with van der Waals surface area (Å²) in [6.07, 6.45) is 1.54. The molecule has 0 aliphatic rings. The van der Waals surface area contributed by atoms with Crippen LogP contribution in [0.5, 0.6) is 0 Å². The molecule has 0 spiro atoms. The summed E-state index contributed by atoms with van der Waals surface area (Å²) < 4.78 is 30.0. The molecule has 7 heteroatoms.